The fourth-order valence-electron chi connectivity index (χ4n) is 2.89. The van der Waals surface area contributed by atoms with Crippen molar-refractivity contribution in [3.63, 3.8) is 0 Å². The monoisotopic (exact) mass is 442 g/mol. The molecule has 0 unspecified atom stereocenters. The number of alkyl halides is 3. The van der Waals surface area contributed by atoms with Crippen molar-refractivity contribution in [3.05, 3.63) is 95.1 Å². The van der Waals surface area contributed by atoms with Crippen LogP contribution in [0.2, 0.25) is 0 Å². The number of thiazole rings is 1. The number of anilines is 1. The van der Waals surface area contributed by atoms with Crippen LogP contribution in [-0.2, 0) is 6.18 Å². The van der Waals surface area contributed by atoms with Crippen molar-refractivity contribution in [2.75, 3.05) is 5.32 Å². The maximum absolute atomic E-state index is 13.0. The summed E-state index contributed by atoms with van der Waals surface area (Å²) in [6.07, 6.45) is -4.42. The molecule has 4 rings (SSSR count). The van der Waals surface area contributed by atoms with Crippen LogP contribution >= 0.6 is 11.3 Å². The molecule has 31 heavy (non-hydrogen) atoms. The van der Waals surface area contributed by atoms with Crippen LogP contribution < -0.4 is 5.32 Å². The summed E-state index contributed by atoms with van der Waals surface area (Å²) >= 11 is 1.30. The summed E-state index contributed by atoms with van der Waals surface area (Å²) in [6, 6.07) is 17.1. The molecule has 1 heterocycles. The van der Waals surface area contributed by atoms with Gasteiger partial charge in [0.05, 0.1) is 11.3 Å². The van der Waals surface area contributed by atoms with Gasteiger partial charge in [-0.25, -0.2) is 9.37 Å². The Morgan fingerprint density at radius 1 is 0.903 bits per heavy atom. The number of nitrogens with one attached hydrogen (secondary N) is 1. The molecule has 0 radical (unpaired) electrons. The normalized spacial score (nSPS) is 11.4. The first kappa shape index (κ1) is 20.7. The van der Waals surface area contributed by atoms with Gasteiger partial charge in [0.25, 0.3) is 5.91 Å². The molecule has 4 aromatic rings. The number of rotatable bonds is 4. The number of carbonyl (C=O) groups excluding carboxylic acids is 1. The predicted molar refractivity (Wildman–Crippen MR) is 112 cm³/mol. The van der Waals surface area contributed by atoms with E-state index in [1.165, 1.54) is 41.7 Å². The van der Waals surface area contributed by atoms with E-state index in [9.17, 15) is 22.4 Å². The van der Waals surface area contributed by atoms with E-state index in [1.807, 2.05) is 0 Å². The smallest absolute Gasteiger partial charge is 0.322 e. The minimum Gasteiger partial charge on any atom is -0.322 e. The second-order valence-electron chi connectivity index (χ2n) is 6.65. The van der Waals surface area contributed by atoms with Crippen LogP contribution in [0.3, 0.4) is 0 Å². The van der Waals surface area contributed by atoms with E-state index in [2.05, 4.69) is 10.3 Å². The van der Waals surface area contributed by atoms with Crippen molar-refractivity contribution in [2.24, 2.45) is 0 Å². The van der Waals surface area contributed by atoms with Gasteiger partial charge in [-0.1, -0.05) is 24.3 Å². The zero-order valence-corrected chi connectivity index (χ0v) is 16.6. The van der Waals surface area contributed by atoms with Gasteiger partial charge >= 0.3 is 6.18 Å². The summed E-state index contributed by atoms with van der Waals surface area (Å²) in [7, 11) is 0. The van der Waals surface area contributed by atoms with Crippen LogP contribution in [0.5, 0.6) is 0 Å². The molecule has 1 aromatic heterocycles. The van der Waals surface area contributed by atoms with Crippen LogP contribution in [0.25, 0.3) is 21.8 Å². The fourth-order valence-corrected chi connectivity index (χ4v) is 3.73. The Balaban J connectivity index is 1.51. The topological polar surface area (TPSA) is 42.0 Å². The van der Waals surface area contributed by atoms with Gasteiger partial charge in [0.1, 0.15) is 10.8 Å². The molecule has 0 saturated heterocycles. The van der Waals surface area contributed by atoms with Crippen LogP contribution in [0, 0.1) is 5.82 Å². The molecule has 0 atom stereocenters. The fraction of sp³-hybridized carbons (Fsp3) is 0.0435. The third-order valence-corrected chi connectivity index (χ3v) is 5.38. The minimum atomic E-state index is -4.42. The molecule has 3 aromatic carbocycles. The molecule has 0 aliphatic carbocycles. The van der Waals surface area contributed by atoms with Gasteiger partial charge in [0.2, 0.25) is 0 Å². The second kappa shape index (κ2) is 8.31. The first-order valence-electron chi connectivity index (χ1n) is 9.10. The summed E-state index contributed by atoms with van der Waals surface area (Å²) in [5, 5.41) is 4.99. The number of hydrogen-bond acceptors (Lipinski definition) is 3. The van der Waals surface area contributed by atoms with Crippen LogP contribution in [0.15, 0.2) is 78.2 Å². The van der Waals surface area contributed by atoms with E-state index in [1.54, 1.807) is 35.7 Å². The Morgan fingerprint density at radius 2 is 1.61 bits per heavy atom. The number of carbonyl (C=O) groups is 1. The average molecular weight is 442 g/mol. The van der Waals surface area contributed by atoms with Crippen molar-refractivity contribution in [1.82, 2.24) is 4.98 Å². The zero-order chi connectivity index (χ0) is 22.0. The molecule has 156 valence electrons. The average Bonchev–Trinajstić information content (AvgIpc) is 3.25. The predicted octanol–water partition coefficient (Wildman–Crippen LogP) is 6.89. The molecule has 0 fully saturated rings. The Hall–Kier alpha value is -3.52. The molecule has 0 aliphatic heterocycles. The lowest BCUT2D eigenvalue weighted by Gasteiger charge is -2.07. The first-order valence-corrected chi connectivity index (χ1v) is 9.98. The van der Waals surface area contributed by atoms with E-state index in [0.717, 1.165) is 17.7 Å². The number of halogens is 4. The molecule has 8 heteroatoms. The lowest BCUT2D eigenvalue weighted by molar-refractivity contribution is -0.137. The van der Waals surface area contributed by atoms with Crippen molar-refractivity contribution in [1.29, 1.82) is 0 Å². The van der Waals surface area contributed by atoms with Gasteiger partial charge < -0.3 is 5.32 Å². The third kappa shape index (κ3) is 4.80. The maximum Gasteiger partial charge on any atom is 0.416 e. The third-order valence-electron chi connectivity index (χ3n) is 4.49. The minimum absolute atomic E-state index is 0.345. The Morgan fingerprint density at radius 3 is 2.29 bits per heavy atom. The summed E-state index contributed by atoms with van der Waals surface area (Å²) in [4.78, 5) is 16.8. The van der Waals surface area contributed by atoms with Crippen LogP contribution in [0.1, 0.15) is 15.9 Å². The number of aromatic nitrogens is 1. The zero-order valence-electron chi connectivity index (χ0n) is 15.8. The SMILES string of the molecule is O=C(Nc1ccc(F)cc1)c1ccc(-c2nc(-c3cccc(C(F)(F)F)c3)cs2)cc1. The standard InChI is InChI=1S/C23H14F4N2OS/c24-18-8-10-19(11-9-18)28-21(30)14-4-6-15(7-5-14)22-29-20(13-31-22)16-2-1-3-17(12-16)23(25,26)27/h1-13H,(H,28,30). The second-order valence-corrected chi connectivity index (χ2v) is 7.51. The lowest BCUT2D eigenvalue weighted by Crippen LogP contribution is -2.11. The van der Waals surface area contributed by atoms with E-state index >= 15 is 0 Å². The van der Waals surface area contributed by atoms with Crippen LogP contribution in [0.4, 0.5) is 23.2 Å². The summed E-state index contributed by atoms with van der Waals surface area (Å²) in [6.45, 7) is 0. The van der Waals surface area contributed by atoms with Gasteiger partial charge in [-0.2, -0.15) is 13.2 Å². The summed E-state index contributed by atoms with van der Waals surface area (Å²) < 4.78 is 51.8. The number of nitrogens with zero attached hydrogens (tertiary/aromatic N) is 1. The Labute approximate surface area is 179 Å². The number of hydrogen-bond donors (Lipinski definition) is 1. The van der Waals surface area contributed by atoms with Crippen molar-refractivity contribution >= 4 is 22.9 Å². The first-order chi connectivity index (χ1) is 14.8. The van der Waals surface area contributed by atoms with E-state index < -0.39 is 17.6 Å². The van der Waals surface area contributed by atoms with Gasteiger partial charge in [0.15, 0.2) is 0 Å². The molecule has 0 saturated carbocycles. The highest BCUT2D eigenvalue weighted by Gasteiger charge is 2.30. The van der Waals surface area contributed by atoms with Gasteiger partial charge in [-0.05, 0) is 48.5 Å². The molecular formula is C23H14F4N2OS. The molecule has 1 N–H and O–H groups in total. The lowest BCUT2D eigenvalue weighted by atomic mass is 10.1. The van der Waals surface area contributed by atoms with E-state index in [0.29, 0.717) is 27.5 Å². The molecule has 3 nitrogen and oxygen atoms in total. The highest BCUT2D eigenvalue weighted by Crippen LogP contribution is 2.34. The molecular weight excluding hydrogens is 428 g/mol. The highest BCUT2D eigenvalue weighted by molar-refractivity contribution is 7.13. The van der Waals surface area contributed by atoms with E-state index in [4.69, 9.17) is 0 Å². The highest BCUT2D eigenvalue weighted by atomic mass is 32.1. The van der Waals surface area contributed by atoms with Gasteiger partial charge in [0, 0.05) is 27.8 Å². The Bertz CT molecular complexity index is 1220. The van der Waals surface area contributed by atoms with Gasteiger partial charge in [-0.15, -0.1) is 11.3 Å². The van der Waals surface area contributed by atoms with E-state index in [-0.39, 0.29) is 5.91 Å². The largest absolute Gasteiger partial charge is 0.416 e. The molecule has 1 amide bonds. The Kier molecular flexibility index (Phi) is 5.56. The number of amides is 1. The van der Waals surface area contributed by atoms with Gasteiger partial charge in [-0.3, -0.25) is 4.79 Å². The number of benzene rings is 3. The quantitative estimate of drug-likeness (QED) is 0.350. The molecule has 0 spiro atoms. The summed E-state index contributed by atoms with van der Waals surface area (Å²) in [5.74, 6) is -0.739. The molecule has 0 aliphatic rings. The van der Waals surface area contributed by atoms with Crippen molar-refractivity contribution < 1.29 is 22.4 Å². The van der Waals surface area contributed by atoms with Crippen LogP contribution in [-0.4, -0.2) is 10.9 Å². The van der Waals surface area contributed by atoms with Crippen molar-refractivity contribution in [3.8, 4) is 21.8 Å². The van der Waals surface area contributed by atoms with Crippen molar-refractivity contribution in [2.45, 2.75) is 6.18 Å². The maximum atomic E-state index is 13.0. The molecule has 0 bridgehead atoms. The summed E-state index contributed by atoms with van der Waals surface area (Å²) in [5.41, 5.74) is 1.72.